The lowest BCUT2D eigenvalue weighted by Crippen LogP contribution is -2.43. The fourth-order valence-corrected chi connectivity index (χ4v) is 2.85. The Labute approximate surface area is 123 Å². The molecule has 1 aromatic rings. The van der Waals surface area contributed by atoms with Crippen molar-refractivity contribution in [2.75, 3.05) is 14.2 Å². The number of hydrogen-bond donors (Lipinski definition) is 1. The van der Waals surface area contributed by atoms with E-state index in [1.54, 1.807) is 7.11 Å². The van der Waals surface area contributed by atoms with E-state index in [1.165, 1.54) is 0 Å². The Morgan fingerprint density at radius 1 is 1.15 bits per heavy atom. The molecule has 0 aliphatic carbocycles. The standard InChI is InChI=1S/C17H29NO2/c1-7-17(8-2,19-6)16(18-5)14-11-9-10-12-15(14)20-13(3)4/h9-13,16,18H,7-8H2,1-6H3. The molecule has 0 saturated heterocycles. The molecule has 0 spiro atoms. The van der Waals surface area contributed by atoms with E-state index in [9.17, 15) is 0 Å². The van der Waals surface area contributed by atoms with Gasteiger partial charge in [0.2, 0.25) is 0 Å². The largest absolute Gasteiger partial charge is 0.491 e. The van der Waals surface area contributed by atoms with E-state index in [1.807, 2.05) is 33.0 Å². The first kappa shape index (κ1) is 17.0. The van der Waals surface area contributed by atoms with Gasteiger partial charge in [-0.3, -0.25) is 0 Å². The molecule has 20 heavy (non-hydrogen) atoms. The molecule has 0 saturated carbocycles. The van der Waals surface area contributed by atoms with Crippen molar-refractivity contribution in [1.29, 1.82) is 0 Å². The minimum Gasteiger partial charge on any atom is -0.491 e. The Hall–Kier alpha value is -1.06. The first-order valence-electron chi connectivity index (χ1n) is 7.52. The maximum Gasteiger partial charge on any atom is 0.124 e. The predicted octanol–water partition coefficient (Wildman–Crippen LogP) is 3.94. The molecule has 0 aliphatic rings. The highest BCUT2D eigenvalue weighted by atomic mass is 16.5. The Kier molecular flexibility index (Phi) is 6.50. The van der Waals surface area contributed by atoms with Crippen LogP contribution in [0.5, 0.6) is 5.75 Å². The summed E-state index contributed by atoms with van der Waals surface area (Å²) < 4.78 is 11.8. The molecule has 0 bridgehead atoms. The summed E-state index contributed by atoms with van der Waals surface area (Å²) >= 11 is 0. The van der Waals surface area contributed by atoms with Gasteiger partial charge in [0, 0.05) is 12.7 Å². The number of para-hydroxylation sites is 1. The average Bonchev–Trinajstić information content (AvgIpc) is 2.45. The van der Waals surface area contributed by atoms with Crippen LogP contribution in [0.3, 0.4) is 0 Å². The smallest absolute Gasteiger partial charge is 0.124 e. The predicted molar refractivity (Wildman–Crippen MR) is 84.3 cm³/mol. The molecule has 114 valence electrons. The molecule has 0 aromatic heterocycles. The van der Waals surface area contributed by atoms with Gasteiger partial charge in [-0.15, -0.1) is 0 Å². The summed E-state index contributed by atoms with van der Waals surface area (Å²) in [6.45, 7) is 8.44. The second kappa shape index (κ2) is 7.65. The summed E-state index contributed by atoms with van der Waals surface area (Å²) in [6.07, 6.45) is 2.05. The minimum absolute atomic E-state index is 0.109. The highest BCUT2D eigenvalue weighted by Gasteiger charge is 2.37. The van der Waals surface area contributed by atoms with Gasteiger partial charge in [0.05, 0.1) is 17.7 Å². The molecule has 1 unspecified atom stereocenters. The molecule has 1 rings (SSSR count). The van der Waals surface area contributed by atoms with Crippen LogP contribution in [0.25, 0.3) is 0 Å². The Morgan fingerprint density at radius 3 is 2.20 bits per heavy atom. The number of ether oxygens (including phenoxy) is 2. The van der Waals surface area contributed by atoms with Crippen LogP contribution < -0.4 is 10.1 Å². The van der Waals surface area contributed by atoms with Gasteiger partial charge in [-0.2, -0.15) is 0 Å². The maximum atomic E-state index is 5.96. The van der Waals surface area contributed by atoms with Crippen molar-refractivity contribution in [1.82, 2.24) is 5.32 Å². The second-order valence-electron chi connectivity index (χ2n) is 5.40. The maximum absolute atomic E-state index is 5.96. The van der Waals surface area contributed by atoms with Crippen LogP contribution in [0.1, 0.15) is 52.1 Å². The van der Waals surface area contributed by atoms with Crippen LogP contribution in [0.4, 0.5) is 0 Å². The summed E-state index contributed by atoms with van der Waals surface area (Å²) in [7, 11) is 3.78. The number of methoxy groups -OCH3 is 1. The van der Waals surface area contributed by atoms with Crippen LogP contribution in [-0.2, 0) is 4.74 Å². The summed E-state index contributed by atoms with van der Waals surface area (Å²) in [5.41, 5.74) is 0.944. The first-order chi connectivity index (χ1) is 9.54. The Morgan fingerprint density at radius 2 is 1.75 bits per heavy atom. The molecule has 0 heterocycles. The summed E-state index contributed by atoms with van der Waals surface area (Å²) in [6, 6.07) is 8.33. The molecule has 1 aromatic carbocycles. The lowest BCUT2D eigenvalue weighted by atomic mass is 9.83. The molecule has 0 radical (unpaired) electrons. The molecule has 0 amide bonds. The van der Waals surface area contributed by atoms with E-state index >= 15 is 0 Å². The van der Waals surface area contributed by atoms with E-state index in [2.05, 4.69) is 31.3 Å². The van der Waals surface area contributed by atoms with E-state index in [4.69, 9.17) is 9.47 Å². The van der Waals surface area contributed by atoms with Crippen LogP contribution in [0.2, 0.25) is 0 Å². The van der Waals surface area contributed by atoms with E-state index < -0.39 is 0 Å². The van der Waals surface area contributed by atoms with Gasteiger partial charge in [0.1, 0.15) is 5.75 Å². The van der Waals surface area contributed by atoms with Crippen LogP contribution >= 0.6 is 0 Å². The topological polar surface area (TPSA) is 30.5 Å². The van der Waals surface area contributed by atoms with Gasteiger partial charge >= 0.3 is 0 Å². The third kappa shape index (κ3) is 3.53. The zero-order chi connectivity index (χ0) is 15.2. The summed E-state index contributed by atoms with van der Waals surface area (Å²) in [4.78, 5) is 0. The molecular formula is C17H29NO2. The molecule has 0 aliphatic heterocycles. The quantitative estimate of drug-likeness (QED) is 0.782. The Balaban J connectivity index is 3.24. The zero-order valence-electron chi connectivity index (χ0n) is 13.7. The molecule has 1 N–H and O–H groups in total. The molecule has 3 nitrogen and oxygen atoms in total. The lowest BCUT2D eigenvalue weighted by Gasteiger charge is -2.39. The van der Waals surface area contributed by atoms with Crippen molar-refractivity contribution < 1.29 is 9.47 Å². The van der Waals surface area contributed by atoms with Crippen molar-refractivity contribution >= 4 is 0 Å². The normalized spacial score (nSPS) is 13.6. The van der Waals surface area contributed by atoms with E-state index in [-0.39, 0.29) is 17.7 Å². The minimum atomic E-state index is -0.217. The second-order valence-corrected chi connectivity index (χ2v) is 5.40. The van der Waals surface area contributed by atoms with E-state index in [0.29, 0.717) is 0 Å². The highest BCUT2D eigenvalue weighted by molar-refractivity contribution is 5.38. The highest BCUT2D eigenvalue weighted by Crippen LogP contribution is 2.38. The van der Waals surface area contributed by atoms with Gasteiger partial charge in [-0.25, -0.2) is 0 Å². The van der Waals surface area contributed by atoms with Crippen LogP contribution in [-0.4, -0.2) is 25.9 Å². The molecule has 1 atom stereocenters. The van der Waals surface area contributed by atoms with Crippen molar-refractivity contribution in [3.05, 3.63) is 29.8 Å². The number of likely N-dealkylation sites (N-methyl/N-ethyl adjacent to an activating group) is 1. The van der Waals surface area contributed by atoms with E-state index in [0.717, 1.165) is 24.2 Å². The number of nitrogens with one attached hydrogen (secondary N) is 1. The van der Waals surface area contributed by atoms with Crippen molar-refractivity contribution in [2.24, 2.45) is 0 Å². The van der Waals surface area contributed by atoms with Crippen molar-refractivity contribution in [3.63, 3.8) is 0 Å². The molecule has 3 heteroatoms. The SMILES string of the molecule is CCC(CC)(OC)C(NC)c1ccccc1OC(C)C. The third-order valence-electron chi connectivity index (χ3n) is 4.01. The zero-order valence-corrected chi connectivity index (χ0v) is 13.7. The number of benzene rings is 1. The first-order valence-corrected chi connectivity index (χ1v) is 7.52. The number of hydrogen-bond acceptors (Lipinski definition) is 3. The third-order valence-corrected chi connectivity index (χ3v) is 4.01. The fourth-order valence-electron chi connectivity index (χ4n) is 2.85. The average molecular weight is 279 g/mol. The van der Waals surface area contributed by atoms with Gasteiger partial charge in [-0.1, -0.05) is 32.0 Å². The lowest BCUT2D eigenvalue weighted by molar-refractivity contribution is -0.0474. The summed E-state index contributed by atoms with van der Waals surface area (Å²) in [5, 5.41) is 3.42. The number of rotatable bonds is 8. The Bertz CT molecular complexity index is 391. The van der Waals surface area contributed by atoms with Gasteiger partial charge in [0.15, 0.2) is 0 Å². The molecular weight excluding hydrogens is 250 g/mol. The van der Waals surface area contributed by atoms with Gasteiger partial charge in [-0.05, 0) is 39.8 Å². The monoisotopic (exact) mass is 279 g/mol. The van der Waals surface area contributed by atoms with Crippen molar-refractivity contribution in [3.8, 4) is 5.75 Å². The van der Waals surface area contributed by atoms with Crippen molar-refractivity contribution in [2.45, 2.75) is 58.3 Å². The van der Waals surface area contributed by atoms with Crippen LogP contribution in [0.15, 0.2) is 24.3 Å². The van der Waals surface area contributed by atoms with Crippen LogP contribution in [0, 0.1) is 0 Å². The fraction of sp³-hybridized carbons (Fsp3) is 0.647. The van der Waals surface area contributed by atoms with Gasteiger partial charge < -0.3 is 14.8 Å². The van der Waals surface area contributed by atoms with Gasteiger partial charge in [0.25, 0.3) is 0 Å². The summed E-state index contributed by atoms with van der Waals surface area (Å²) in [5.74, 6) is 0.935. The molecule has 0 fully saturated rings.